The first kappa shape index (κ1) is 25.9. The van der Waals surface area contributed by atoms with Crippen LogP contribution in [0.25, 0.3) is 11.3 Å². The third-order valence-corrected chi connectivity index (χ3v) is 6.10. The van der Waals surface area contributed by atoms with Gasteiger partial charge in [-0.3, -0.25) is 14.6 Å². The van der Waals surface area contributed by atoms with Gasteiger partial charge in [0.15, 0.2) is 12.1 Å². The molecule has 0 aliphatic carbocycles. The van der Waals surface area contributed by atoms with Crippen molar-refractivity contribution in [2.45, 2.75) is 32.9 Å². The summed E-state index contributed by atoms with van der Waals surface area (Å²) in [5.41, 5.74) is 2.28. The number of aromatic nitrogens is 1. The maximum atomic E-state index is 14.1. The van der Waals surface area contributed by atoms with E-state index < -0.39 is 35.4 Å². The quantitative estimate of drug-likeness (QED) is 0.409. The predicted molar refractivity (Wildman–Crippen MR) is 137 cm³/mol. The van der Waals surface area contributed by atoms with E-state index in [1.54, 1.807) is 24.4 Å². The lowest BCUT2D eigenvalue weighted by molar-refractivity contribution is -0.127. The monoisotopic (exact) mass is 512 g/mol. The van der Waals surface area contributed by atoms with Crippen LogP contribution in [0.5, 0.6) is 5.75 Å². The van der Waals surface area contributed by atoms with Crippen LogP contribution in [0.1, 0.15) is 26.4 Å². The van der Waals surface area contributed by atoms with E-state index in [-0.39, 0.29) is 12.8 Å². The summed E-state index contributed by atoms with van der Waals surface area (Å²) in [4.78, 5) is 30.7. The Kier molecular flexibility index (Phi) is 7.02. The number of halogens is 3. The number of methoxy groups -OCH3 is 1. The van der Waals surface area contributed by atoms with Crippen LogP contribution in [0.3, 0.4) is 0 Å². The van der Waals surface area contributed by atoms with Crippen molar-refractivity contribution in [1.29, 1.82) is 0 Å². The summed E-state index contributed by atoms with van der Waals surface area (Å²) in [6.45, 7) is 4.19. The van der Waals surface area contributed by atoms with Crippen LogP contribution in [-0.2, 0) is 15.5 Å². The van der Waals surface area contributed by atoms with Crippen molar-refractivity contribution >= 4 is 28.9 Å². The molecule has 7 nitrogen and oxygen atoms in total. The largest absolute Gasteiger partial charge is 0.496 e. The van der Waals surface area contributed by atoms with Crippen LogP contribution in [0, 0.1) is 12.8 Å². The zero-order chi connectivity index (χ0) is 26.9. The molecular weight excluding hydrogens is 485 g/mol. The summed E-state index contributed by atoms with van der Waals surface area (Å²) in [6.07, 6.45) is -0.765. The Morgan fingerprint density at radius 2 is 1.92 bits per heavy atom. The number of hydrazone groups is 1. The normalized spacial score (nSPS) is 16.4. The van der Waals surface area contributed by atoms with Gasteiger partial charge in [0.2, 0.25) is 5.91 Å². The van der Waals surface area contributed by atoms with Crippen molar-refractivity contribution in [3.63, 3.8) is 0 Å². The van der Waals surface area contributed by atoms with Crippen molar-refractivity contribution in [1.82, 2.24) is 4.98 Å². The van der Waals surface area contributed by atoms with Gasteiger partial charge >= 0.3 is 5.92 Å². The van der Waals surface area contributed by atoms with Crippen LogP contribution in [-0.4, -0.2) is 35.8 Å². The highest BCUT2D eigenvalue weighted by Crippen LogP contribution is 2.37. The Hall–Kier alpha value is -4.21. The van der Waals surface area contributed by atoms with Crippen molar-refractivity contribution in [3.8, 4) is 17.0 Å². The number of nitrogens with one attached hydrogen (secondary N) is 1. The molecule has 2 unspecified atom stereocenters. The van der Waals surface area contributed by atoms with Gasteiger partial charge in [0.1, 0.15) is 5.75 Å². The van der Waals surface area contributed by atoms with E-state index in [0.29, 0.717) is 22.7 Å². The Bertz CT molecular complexity index is 1400. The molecule has 2 atom stereocenters. The van der Waals surface area contributed by atoms with E-state index >= 15 is 0 Å². The summed E-state index contributed by atoms with van der Waals surface area (Å²) in [7, 11) is 1.53. The number of anilines is 2. The molecule has 3 aromatic rings. The summed E-state index contributed by atoms with van der Waals surface area (Å²) in [5.74, 6) is -5.80. The van der Waals surface area contributed by atoms with E-state index in [9.17, 15) is 22.8 Å². The lowest BCUT2D eigenvalue weighted by Gasteiger charge is -2.19. The first-order chi connectivity index (χ1) is 17.5. The molecule has 4 rings (SSSR count). The number of aryl methyl sites for hydroxylation is 1. The van der Waals surface area contributed by atoms with Gasteiger partial charge in [-0.25, -0.2) is 4.39 Å². The second-order valence-electron chi connectivity index (χ2n) is 8.69. The van der Waals surface area contributed by atoms with Gasteiger partial charge in [-0.05, 0) is 62.7 Å². The molecule has 0 fully saturated rings. The number of amides is 2. The fraction of sp³-hybridized carbons (Fsp3) is 0.259. The first-order valence-electron chi connectivity index (χ1n) is 11.5. The van der Waals surface area contributed by atoms with E-state index in [0.717, 1.165) is 29.6 Å². The first-order valence-corrected chi connectivity index (χ1v) is 11.5. The highest BCUT2D eigenvalue weighted by atomic mass is 19.3. The lowest BCUT2D eigenvalue weighted by Crippen LogP contribution is -2.36. The molecule has 0 radical (unpaired) electrons. The van der Waals surface area contributed by atoms with Gasteiger partial charge in [0.05, 0.1) is 24.2 Å². The number of hydrogen-bond donors (Lipinski definition) is 1. The number of rotatable bonds is 7. The number of pyridine rings is 1. The van der Waals surface area contributed by atoms with Gasteiger partial charge < -0.3 is 10.1 Å². The second kappa shape index (κ2) is 10.0. The summed E-state index contributed by atoms with van der Waals surface area (Å²) in [6, 6.07) is 13.5. The highest BCUT2D eigenvalue weighted by Gasteiger charge is 2.41. The zero-order valence-electron chi connectivity index (χ0n) is 20.6. The van der Waals surface area contributed by atoms with Gasteiger partial charge in [-0.1, -0.05) is 18.2 Å². The van der Waals surface area contributed by atoms with E-state index in [2.05, 4.69) is 15.4 Å². The second-order valence-corrected chi connectivity index (χ2v) is 8.69. The Balaban J connectivity index is 0.00000400. The van der Waals surface area contributed by atoms with Crippen LogP contribution >= 0.6 is 0 Å². The minimum atomic E-state index is -3.73. The van der Waals surface area contributed by atoms with Crippen LogP contribution < -0.4 is 15.1 Å². The Morgan fingerprint density at radius 1 is 1.16 bits per heavy atom. The number of alkyl halides is 3. The van der Waals surface area contributed by atoms with Crippen LogP contribution in [0.15, 0.2) is 65.9 Å². The number of carbonyl (C=O) groups excluding carboxylic acids is 2. The minimum absolute atomic E-state index is 0. The molecule has 0 saturated heterocycles. The summed E-state index contributed by atoms with van der Waals surface area (Å²) < 4.78 is 47.1. The molecule has 1 aliphatic rings. The molecule has 2 heterocycles. The molecule has 0 saturated carbocycles. The van der Waals surface area contributed by atoms with E-state index in [1.807, 2.05) is 19.1 Å². The Labute approximate surface area is 213 Å². The van der Waals surface area contributed by atoms with Crippen molar-refractivity contribution in [2.24, 2.45) is 11.0 Å². The summed E-state index contributed by atoms with van der Waals surface area (Å²) >= 11 is 0. The zero-order valence-corrected chi connectivity index (χ0v) is 20.6. The maximum Gasteiger partial charge on any atom is 0.303 e. The molecule has 194 valence electrons. The molecule has 0 bridgehead atoms. The third-order valence-electron chi connectivity index (χ3n) is 6.10. The molecule has 10 heteroatoms. The Morgan fingerprint density at radius 3 is 2.59 bits per heavy atom. The van der Waals surface area contributed by atoms with E-state index in [4.69, 9.17) is 4.74 Å². The van der Waals surface area contributed by atoms with Crippen molar-refractivity contribution < 1.29 is 28.9 Å². The van der Waals surface area contributed by atoms with Gasteiger partial charge in [-0.2, -0.15) is 18.9 Å². The highest BCUT2D eigenvalue weighted by molar-refractivity contribution is 6.28. The van der Waals surface area contributed by atoms with Crippen LogP contribution in [0.4, 0.5) is 24.5 Å². The number of hydrogen-bond acceptors (Lipinski definition) is 5. The molecule has 2 amide bonds. The standard InChI is InChI=1S/C27H25F3N4O3.H2/c1-15-7-6-12-31-24(15)21-14-20(10-11-22(21)37-4)34-26(36)23(16(2)33-34)25(35)32-19-9-5-8-18(13-19)27(29,30)17(3)28;/h5-14,17,23H,1-4H3,(H,32,35);1H. The van der Waals surface area contributed by atoms with Crippen LogP contribution in [0.2, 0.25) is 0 Å². The smallest absolute Gasteiger partial charge is 0.303 e. The molecule has 1 N–H and O–H groups in total. The molecule has 0 spiro atoms. The maximum absolute atomic E-state index is 14.1. The van der Waals surface area contributed by atoms with E-state index in [1.165, 1.54) is 26.2 Å². The fourth-order valence-corrected chi connectivity index (χ4v) is 4.08. The number of nitrogens with zero attached hydrogens (tertiary/aromatic N) is 3. The van der Waals surface area contributed by atoms with Gasteiger partial charge in [0.25, 0.3) is 5.91 Å². The SMILES string of the molecule is COc1ccc(N2N=C(C)C(C(=O)Nc3cccc(C(F)(F)C(C)F)c3)C2=O)cc1-c1ncccc1C.[HH]. The number of carbonyl (C=O) groups is 2. The van der Waals surface area contributed by atoms with Gasteiger partial charge in [0, 0.05) is 24.4 Å². The molecule has 37 heavy (non-hydrogen) atoms. The minimum Gasteiger partial charge on any atom is -0.496 e. The number of ether oxygens (including phenoxy) is 1. The van der Waals surface area contributed by atoms with Crippen molar-refractivity contribution in [3.05, 3.63) is 71.9 Å². The number of benzene rings is 2. The topological polar surface area (TPSA) is 83.9 Å². The molecule has 1 aromatic heterocycles. The van der Waals surface area contributed by atoms with Gasteiger partial charge in [-0.15, -0.1) is 0 Å². The molecular formula is C27H27F3N4O3. The average Bonchev–Trinajstić information content (AvgIpc) is 3.17. The molecule has 2 aromatic carbocycles. The predicted octanol–water partition coefficient (Wildman–Crippen LogP) is 5.74. The third kappa shape index (κ3) is 4.91. The van der Waals surface area contributed by atoms with Crippen molar-refractivity contribution in [2.75, 3.05) is 17.4 Å². The fourth-order valence-electron chi connectivity index (χ4n) is 4.08. The lowest BCUT2D eigenvalue weighted by atomic mass is 10.0. The molecule has 1 aliphatic heterocycles. The summed E-state index contributed by atoms with van der Waals surface area (Å²) in [5, 5.41) is 7.88. The average molecular weight is 513 g/mol.